The zero-order valence-corrected chi connectivity index (χ0v) is 10.8. The normalized spacial score (nSPS) is 14.6. The summed E-state index contributed by atoms with van der Waals surface area (Å²) >= 11 is 0. The highest BCUT2D eigenvalue weighted by atomic mass is 32.3. The maximum atomic E-state index is 12.6. The summed E-state index contributed by atoms with van der Waals surface area (Å²) in [5.41, 5.74) is -0.634. The van der Waals surface area contributed by atoms with E-state index in [0.29, 0.717) is 0 Å². The van der Waals surface area contributed by atoms with E-state index in [1.54, 1.807) is 0 Å². The number of aromatic nitrogens is 2. The fourth-order valence-electron chi connectivity index (χ4n) is 1.11. The molecule has 1 aromatic rings. The van der Waals surface area contributed by atoms with Crippen molar-refractivity contribution in [1.82, 2.24) is 13.5 Å². The maximum Gasteiger partial charge on any atom is 0.435 e. The Morgan fingerprint density at radius 3 is 2.12 bits per heavy atom. The summed E-state index contributed by atoms with van der Waals surface area (Å²) in [4.78, 5) is 0. The van der Waals surface area contributed by atoms with Crippen LogP contribution >= 0.6 is 10.4 Å². The van der Waals surface area contributed by atoms with E-state index in [2.05, 4.69) is 5.10 Å². The summed E-state index contributed by atoms with van der Waals surface area (Å²) < 4.78 is 41.0. The molecule has 0 saturated heterocycles. The van der Waals surface area contributed by atoms with Gasteiger partial charge in [-0.2, -0.15) is 18.3 Å². The predicted molar refractivity (Wildman–Crippen MR) is 60.5 cm³/mol. The minimum absolute atomic E-state index is 0.162. The molecule has 3 nitrogen and oxygen atoms in total. The number of hydrogen-bond donors (Lipinski definition) is 0. The van der Waals surface area contributed by atoms with E-state index in [1.165, 1.54) is 17.2 Å². The molecule has 0 aliphatic rings. The number of hydrogen-bond acceptors (Lipinski definition) is 2. The first-order valence-electron chi connectivity index (χ1n) is 4.61. The van der Waals surface area contributed by atoms with Crippen LogP contribution in [-0.4, -0.2) is 40.1 Å². The van der Waals surface area contributed by atoms with Crippen LogP contribution in [0.1, 0.15) is 11.3 Å². The van der Waals surface area contributed by atoms with Gasteiger partial charge in [-0.1, -0.05) is 10.4 Å². The van der Waals surface area contributed by atoms with Crippen LogP contribution in [0.4, 0.5) is 13.2 Å². The summed E-state index contributed by atoms with van der Waals surface area (Å²) in [5.74, 6) is 0. The molecule has 0 aromatic carbocycles. The molecule has 1 heterocycles. The third-order valence-electron chi connectivity index (χ3n) is 2.50. The van der Waals surface area contributed by atoms with Crippen LogP contribution in [0.15, 0.2) is 6.20 Å². The molecule has 0 aliphatic carbocycles. The van der Waals surface area contributed by atoms with Crippen molar-refractivity contribution < 1.29 is 13.2 Å². The lowest BCUT2D eigenvalue weighted by molar-refractivity contribution is -0.141. The van der Waals surface area contributed by atoms with Crippen molar-refractivity contribution in [2.45, 2.75) is 13.1 Å². The minimum Gasteiger partial charge on any atom is -0.257 e. The lowest BCUT2D eigenvalue weighted by Gasteiger charge is -2.38. The van der Waals surface area contributed by atoms with Crippen molar-refractivity contribution in [2.24, 2.45) is 0 Å². The topological polar surface area (TPSA) is 21.1 Å². The molecule has 0 spiro atoms. The first-order valence-corrected chi connectivity index (χ1v) is 6.98. The Hall–Kier alpha value is -0.690. The van der Waals surface area contributed by atoms with Crippen LogP contribution in [0.25, 0.3) is 0 Å². The van der Waals surface area contributed by atoms with Crippen LogP contribution in [-0.2, 0) is 6.18 Å². The second kappa shape index (κ2) is 3.96. The second-order valence-electron chi connectivity index (χ2n) is 4.09. The zero-order chi connectivity index (χ0) is 12.7. The second-order valence-corrected chi connectivity index (χ2v) is 7.64. The highest BCUT2D eigenvalue weighted by Gasteiger charge is 2.37. The Labute approximate surface area is 94.8 Å². The van der Waals surface area contributed by atoms with Gasteiger partial charge in [-0.25, -0.2) is 4.09 Å². The quantitative estimate of drug-likeness (QED) is 0.809. The van der Waals surface area contributed by atoms with Crippen molar-refractivity contribution in [3.05, 3.63) is 17.5 Å². The Balaban J connectivity index is 3.21. The molecule has 1 rings (SSSR count). The molecule has 1 aromatic heterocycles. The average Bonchev–Trinajstić information content (AvgIpc) is 2.46. The van der Waals surface area contributed by atoms with Gasteiger partial charge in [-0.05, 0) is 33.5 Å². The highest BCUT2D eigenvalue weighted by Crippen LogP contribution is 2.44. The molecule has 0 aliphatic heterocycles. The largest absolute Gasteiger partial charge is 0.435 e. The standard InChI is InChI=1S/C9H16F3N3S/c1-7-6-15(16(4,5)14(2)3)13-8(7)9(10,11)12/h6H,1-5H3. The van der Waals surface area contributed by atoms with Crippen LogP contribution in [0.2, 0.25) is 0 Å². The summed E-state index contributed by atoms with van der Waals surface area (Å²) in [6, 6.07) is 0. The molecular weight excluding hydrogens is 239 g/mol. The summed E-state index contributed by atoms with van der Waals surface area (Å²) in [5, 5.41) is 3.66. The molecule has 0 bridgehead atoms. The van der Waals surface area contributed by atoms with Crippen molar-refractivity contribution in [1.29, 1.82) is 0 Å². The Kier molecular flexibility index (Phi) is 3.31. The predicted octanol–water partition coefficient (Wildman–Crippen LogP) is 2.51. The first kappa shape index (κ1) is 13.4. The first-order chi connectivity index (χ1) is 7.06. The van der Waals surface area contributed by atoms with Crippen molar-refractivity contribution in [3.8, 4) is 0 Å². The van der Waals surface area contributed by atoms with Crippen molar-refractivity contribution in [2.75, 3.05) is 26.6 Å². The monoisotopic (exact) mass is 255 g/mol. The molecule has 7 heteroatoms. The number of rotatable bonds is 2. The highest BCUT2D eigenvalue weighted by molar-refractivity contribution is 8.29. The van der Waals surface area contributed by atoms with Gasteiger partial charge in [0.2, 0.25) is 0 Å². The van der Waals surface area contributed by atoms with Gasteiger partial charge in [0.25, 0.3) is 0 Å². The van der Waals surface area contributed by atoms with Gasteiger partial charge >= 0.3 is 6.18 Å². The van der Waals surface area contributed by atoms with E-state index in [0.717, 1.165) is 0 Å². The van der Waals surface area contributed by atoms with E-state index in [1.807, 2.05) is 30.9 Å². The van der Waals surface area contributed by atoms with Crippen LogP contribution in [0.5, 0.6) is 0 Å². The molecule has 94 valence electrons. The van der Waals surface area contributed by atoms with Gasteiger partial charge in [0.1, 0.15) is 0 Å². The fourth-order valence-corrected chi connectivity index (χ4v) is 2.14. The third kappa shape index (κ3) is 2.35. The van der Waals surface area contributed by atoms with Gasteiger partial charge < -0.3 is 0 Å². The van der Waals surface area contributed by atoms with E-state index in [-0.39, 0.29) is 5.56 Å². The zero-order valence-electron chi connectivity index (χ0n) is 9.96. The SMILES string of the molecule is Cc1cn(S(C)(C)N(C)C)nc1C(F)(F)F. The number of alkyl halides is 3. The smallest absolute Gasteiger partial charge is 0.257 e. The third-order valence-corrected chi connectivity index (χ3v) is 5.39. The summed E-state index contributed by atoms with van der Waals surface area (Å²) in [7, 11) is 2.17. The molecule has 0 saturated carbocycles. The molecule has 0 unspecified atom stereocenters. The Morgan fingerprint density at radius 2 is 1.81 bits per heavy atom. The maximum absolute atomic E-state index is 12.6. The number of halogens is 3. The van der Waals surface area contributed by atoms with Crippen molar-refractivity contribution in [3.63, 3.8) is 0 Å². The van der Waals surface area contributed by atoms with Gasteiger partial charge in [0.15, 0.2) is 5.69 Å². The lowest BCUT2D eigenvalue weighted by Crippen LogP contribution is -2.24. The van der Waals surface area contributed by atoms with Gasteiger partial charge in [0.05, 0.1) is 0 Å². The lowest BCUT2D eigenvalue weighted by atomic mass is 10.3. The number of aryl methyl sites for hydroxylation is 1. The average molecular weight is 255 g/mol. The fraction of sp³-hybridized carbons (Fsp3) is 0.667. The van der Waals surface area contributed by atoms with Gasteiger partial charge in [0, 0.05) is 11.8 Å². The minimum atomic E-state index is -4.38. The molecular formula is C9H16F3N3S. The molecule has 0 radical (unpaired) electrons. The van der Waals surface area contributed by atoms with E-state index in [9.17, 15) is 13.2 Å². The van der Waals surface area contributed by atoms with Gasteiger partial charge in [-0.3, -0.25) is 4.31 Å². The molecule has 16 heavy (non-hydrogen) atoms. The van der Waals surface area contributed by atoms with Crippen LogP contribution < -0.4 is 0 Å². The number of nitrogens with zero attached hydrogens (tertiary/aromatic N) is 3. The van der Waals surface area contributed by atoms with E-state index >= 15 is 0 Å². The van der Waals surface area contributed by atoms with Gasteiger partial charge in [-0.15, -0.1) is 0 Å². The van der Waals surface area contributed by atoms with Crippen LogP contribution in [0, 0.1) is 6.92 Å². The summed E-state index contributed by atoms with van der Waals surface area (Å²) in [6.07, 6.45) is 0.856. The molecule has 0 amide bonds. The summed E-state index contributed by atoms with van der Waals surface area (Å²) in [6.45, 7) is 1.43. The van der Waals surface area contributed by atoms with Crippen molar-refractivity contribution >= 4 is 10.4 Å². The molecule has 0 atom stereocenters. The molecule has 0 fully saturated rings. The van der Waals surface area contributed by atoms with E-state index < -0.39 is 22.3 Å². The molecule has 0 N–H and O–H groups in total. The Bertz CT molecular complexity index is 382. The van der Waals surface area contributed by atoms with Crippen LogP contribution in [0.3, 0.4) is 0 Å². The van der Waals surface area contributed by atoms with E-state index in [4.69, 9.17) is 0 Å². The Morgan fingerprint density at radius 1 is 1.31 bits per heavy atom.